The average Bonchev–Trinajstić information content (AvgIpc) is 1.99. The molecule has 0 fully saturated rings. The highest BCUT2D eigenvalue weighted by Gasteiger charge is 2.28. The highest BCUT2D eigenvalue weighted by atomic mass is 79.9. The average molecular weight is 263 g/mol. The lowest BCUT2D eigenvalue weighted by molar-refractivity contribution is 0.0759. The Morgan fingerprint density at radius 2 is 1.93 bits per heavy atom. The molecular formula is C10H9BrF2O. The molecule has 0 saturated carbocycles. The molecule has 0 aliphatic heterocycles. The summed E-state index contributed by atoms with van der Waals surface area (Å²) in [4.78, 5) is 11.4. The summed E-state index contributed by atoms with van der Waals surface area (Å²) in [6, 6.07) is 3.63. The van der Waals surface area contributed by atoms with Crippen LogP contribution in [0.2, 0.25) is 0 Å². The van der Waals surface area contributed by atoms with Gasteiger partial charge in [-0.3, -0.25) is 4.79 Å². The van der Waals surface area contributed by atoms with E-state index in [9.17, 15) is 13.6 Å². The van der Waals surface area contributed by atoms with Gasteiger partial charge in [-0.25, -0.2) is 8.78 Å². The molecule has 14 heavy (non-hydrogen) atoms. The lowest BCUT2D eigenvalue weighted by atomic mass is 9.98. The van der Waals surface area contributed by atoms with E-state index in [1.165, 1.54) is 12.1 Å². The van der Waals surface area contributed by atoms with Crippen molar-refractivity contribution in [2.75, 3.05) is 0 Å². The van der Waals surface area contributed by atoms with Gasteiger partial charge in [0.1, 0.15) is 5.82 Å². The number of carbonyl (C=O) groups is 1. The summed E-state index contributed by atoms with van der Waals surface area (Å²) in [6.45, 7) is 2.29. The Bertz CT molecular complexity index is 349. The molecule has 0 saturated heterocycles. The van der Waals surface area contributed by atoms with Crippen molar-refractivity contribution >= 4 is 21.7 Å². The Balaban J connectivity index is 3.14. The van der Waals surface area contributed by atoms with Gasteiger partial charge < -0.3 is 0 Å². The third-order valence-electron chi connectivity index (χ3n) is 1.66. The summed E-state index contributed by atoms with van der Waals surface area (Å²) in [5.41, 5.74) is -1.95. The van der Waals surface area contributed by atoms with Crippen LogP contribution in [0.3, 0.4) is 0 Å². The maximum atomic E-state index is 13.2. The van der Waals surface area contributed by atoms with Gasteiger partial charge in [-0.15, -0.1) is 0 Å². The van der Waals surface area contributed by atoms with Gasteiger partial charge in [0, 0.05) is 10.0 Å². The van der Waals surface area contributed by atoms with Crippen molar-refractivity contribution in [1.82, 2.24) is 0 Å². The molecule has 1 rings (SSSR count). The summed E-state index contributed by atoms with van der Waals surface area (Å²) in [5.74, 6) is -1.29. The second-order valence-corrected chi connectivity index (χ2v) is 4.38. The van der Waals surface area contributed by atoms with Crippen LogP contribution in [0.5, 0.6) is 0 Å². The molecule has 0 heterocycles. The molecule has 0 bridgehead atoms. The molecule has 1 aromatic rings. The highest BCUT2D eigenvalue weighted by Crippen LogP contribution is 2.21. The van der Waals surface area contributed by atoms with Crippen LogP contribution >= 0.6 is 15.9 Å². The number of Topliss-reactive ketones (excluding diaryl/α,β-unsaturated/α-hetero) is 1. The Labute approximate surface area is 89.3 Å². The molecular weight excluding hydrogens is 254 g/mol. The maximum absolute atomic E-state index is 13.2. The highest BCUT2D eigenvalue weighted by molar-refractivity contribution is 9.10. The quantitative estimate of drug-likeness (QED) is 0.746. The van der Waals surface area contributed by atoms with Gasteiger partial charge in [0.15, 0.2) is 11.5 Å². The summed E-state index contributed by atoms with van der Waals surface area (Å²) < 4.78 is 26.5. The van der Waals surface area contributed by atoms with Gasteiger partial charge in [0.05, 0.1) is 0 Å². The maximum Gasteiger partial charge on any atom is 0.199 e. The van der Waals surface area contributed by atoms with E-state index in [1.807, 2.05) is 0 Å². The predicted octanol–water partition coefficient (Wildman–Crippen LogP) is 3.52. The second kappa shape index (κ2) is 3.77. The van der Waals surface area contributed by atoms with Crippen LogP contribution in [0.1, 0.15) is 24.2 Å². The lowest BCUT2D eigenvalue weighted by Gasteiger charge is -2.12. The van der Waals surface area contributed by atoms with Crippen molar-refractivity contribution in [3.05, 3.63) is 34.1 Å². The summed E-state index contributed by atoms with van der Waals surface area (Å²) in [7, 11) is 0. The first kappa shape index (κ1) is 11.3. The largest absolute Gasteiger partial charge is 0.291 e. The fourth-order valence-electron chi connectivity index (χ4n) is 1.03. The van der Waals surface area contributed by atoms with Crippen molar-refractivity contribution in [1.29, 1.82) is 0 Å². The van der Waals surface area contributed by atoms with Crippen molar-refractivity contribution in [2.45, 2.75) is 19.5 Å². The summed E-state index contributed by atoms with van der Waals surface area (Å²) in [5, 5.41) is 0. The van der Waals surface area contributed by atoms with E-state index in [-0.39, 0.29) is 5.56 Å². The van der Waals surface area contributed by atoms with Crippen molar-refractivity contribution in [2.24, 2.45) is 0 Å². The van der Waals surface area contributed by atoms with Gasteiger partial charge in [0.2, 0.25) is 0 Å². The van der Waals surface area contributed by atoms with Crippen LogP contribution in [0.25, 0.3) is 0 Å². The molecule has 76 valence electrons. The third-order valence-corrected chi connectivity index (χ3v) is 2.12. The van der Waals surface area contributed by atoms with E-state index in [0.29, 0.717) is 4.47 Å². The van der Waals surface area contributed by atoms with Crippen LogP contribution in [0.4, 0.5) is 8.78 Å². The first-order valence-electron chi connectivity index (χ1n) is 4.00. The normalized spacial score (nSPS) is 11.5. The van der Waals surface area contributed by atoms with E-state index in [2.05, 4.69) is 15.9 Å². The zero-order valence-electron chi connectivity index (χ0n) is 7.77. The van der Waals surface area contributed by atoms with Gasteiger partial charge in [-0.2, -0.15) is 0 Å². The Morgan fingerprint density at radius 3 is 2.36 bits per heavy atom. The van der Waals surface area contributed by atoms with Gasteiger partial charge in [-0.1, -0.05) is 15.9 Å². The Kier molecular flexibility index (Phi) is 3.04. The molecule has 0 aliphatic rings. The molecule has 4 heteroatoms. The minimum absolute atomic E-state index is 0.0318. The van der Waals surface area contributed by atoms with Gasteiger partial charge in [-0.05, 0) is 32.0 Å². The van der Waals surface area contributed by atoms with Crippen LogP contribution in [-0.2, 0) is 0 Å². The Morgan fingerprint density at radius 1 is 1.36 bits per heavy atom. The van der Waals surface area contributed by atoms with Crippen LogP contribution in [0, 0.1) is 5.82 Å². The molecule has 1 aromatic carbocycles. The number of hydrogen-bond acceptors (Lipinski definition) is 1. The van der Waals surface area contributed by atoms with Crippen LogP contribution in [-0.4, -0.2) is 11.5 Å². The number of carbonyl (C=O) groups excluding carboxylic acids is 1. The van der Waals surface area contributed by atoms with Crippen LogP contribution < -0.4 is 0 Å². The molecule has 0 aromatic heterocycles. The number of rotatable bonds is 2. The van der Waals surface area contributed by atoms with Crippen LogP contribution in [0.15, 0.2) is 22.7 Å². The third kappa shape index (κ3) is 2.61. The van der Waals surface area contributed by atoms with E-state index in [1.54, 1.807) is 0 Å². The van der Waals surface area contributed by atoms with E-state index >= 15 is 0 Å². The second-order valence-electron chi connectivity index (χ2n) is 3.46. The van der Waals surface area contributed by atoms with E-state index in [0.717, 1.165) is 19.9 Å². The zero-order valence-corrected chi connectivity index (χ0v) is 9.36. The molecule has 0 unspecified atom stereocenters. The molecule has 0 spiro atoms. The van der Waals surface area contributed by atoms with Crippen molar-refractivity contribution < 1.29 is 13.6 Å². The van der Waals surface area contributed by atoms with Gasteiger partial charge >= 0.3 is 0 Å². The topological polar surface area (TPSA) is 17.1 Å². The fraction of sp³-hybridized carbons (Fsp3) is 0.300. The predicted molar refractivity (Wildman–Crippen MR) is 53.6 cm³/mol. The van der Waals surface area contributed by atoms with E-state index < -0.39 is 17.3 Å². The zero-order chi connectivity index (χ0) is 10.9. The van der Waals surface area contributed by atoms with Gasteiger partial charge in [0.25, 0.3) is 0 Å². The molecule has 0 radical (unpaired) electrons. The molecule has 0 N–H and O–H groups in total. The number of alkyl halides is 1. The lowest BCUT2D eigenvalue weighted by Crippen LogP contribution is -2.26. The monoisotopic (exact) mass is 262 g/mol. The number of halogens is 3. The SMILES string of the molecule is CC(C)(F)C(=O)c1cc(F)cc(Br)c1. The van der Waals surface area contributed by atoms with Crippen molar-refractivity contribution in [3.8, 4) is 0 Å². The minimum Gasteiger partial charge on any atom is -0.291 e. The van der Waals surface area contributed by atoms with E-state index in [4.69, 9.17) is 0 Å². The molecule has 0 amide bonds. The number of benzene rings is 1. The van der Waals surface area contributed by atoms with Crippen molar-refractivity contribution in [3.63, 3.8) is 0 Å². The molecule has 1 nitrogen and oxygen atoms in total. The molecule has 0 atom stereocenters. The standard InChI is InChI=1S/C10H9BrF2O/c1-10(2,13)9(14)6-3-7(11)5-8(12)4-6/h3-5H,1-2H3. The Hall–Kier alpha value is -0.770. The fourth-order valence-corrected chi connectivity index (χ4v) is 1.49. The summed E-state index contributed by atoms with van der Waals surface area (Å²) in [6.07, 6.45) is 0. The molecule has 0 aliphatic carbocycles. The first-order chi connectivity index (χ1) is 6.30. The number of hydrogen-bond donors (Lipinski definition) is 0. The minimum atomic E-state index is -1.98. The smallest absolute Gasteiger partial charge is 0.199 e. The number of ketones is 1. The summed E-state index contributed by atoms with van der Waals surface area (Å²) >= 11 is 3.03. The first-order valence-corrected chi connectivity index (χ1v) is 4.80.